The van der Waals surface area contributed by atoms with Crippen LogP contribution in [-0.2, 0) is 6.54 Å². The number of benzene rings is 1. The molecule has 32 heavy (non-hydrogen) atoms. The van der Waals surface area contributed by atoms with E-state index in [9.17, 15) is 0 Å². The van der Waals surface area contributed by atoms with Crippen molar-refractivity contribution in [3.05, 3.63) is 59.4 Å². The predicted molar refractivity (Wildman–Crippen MR) is 133 cm³/mol. The second-order valence-electron chi connectivity index (χ2n) is 8.73. The summed E-state index contributed by atoms with van der Waals surface area (Å²) in [7, 11) is 0. The molecule has 2 aliphatic heterocycles. The van der Waals surface area contributed by atoms with Gasteiger partial charge in [0, 0.05) is 59.8 Å². The van der Waals surface area contributed by atoms with E-state index in [0.29, 0.717) is 5.92 Å². The van der Waals surface area contributed by atoms with Gasteiger partial charge in [0.05, 0.1) is 0 Å². The molecule has 4 heterocycles. The molecule has 7 heteroatoms. The molecule has 2 saturated heterocycles. The zero-order valence-electron chi connectivity index (χ0n) is 18.5. The van der Waals surface area contributed by atoms with Gasteiger partial charge in [0.15, 0.2) is 5.16 Å². The van der Waals surface area contributed by atoms with Crippen molar-refractivity contribution in [2.45, 2.75) is 43.3 Å². The highest BCUT2D eigenvalue weighted by molar-refractivity contribution is 7.99. The molecular formula is C25H31N5S2. The normalized spacial score (nSPS) is 20.1. The lowest BCUT2D eigenvalue weighted by Gasteiger charge is -2.32. The highest BCUT2D eigenvalue weighted by Crippen LogP contribution is 2.30. The zero-order chi connectivity index (χ0) is 21.6. The van der Waals surface area contributed by atoms with Gasteiger partial charge in [0.25, 0.3) is 0 Å². The molecule has 168 valence electrons. The standard InChI is InChI=1S/C25H31N5S2/c1-2-7-20(8-3-1)24-27-17-22(32-24)19-30-14-6-9-21(18-30)23-10-11-26-25(28-23)31-16-15-29-12-4-5-13-29/h1-3,7-8,10-11,17,21H,4-6,9,12-16,18-19H2/t21-/m1/s1. The molecule has 3 aromatic rings. The van der Waals surface area contributed by atoms with Gasteiger partial charge in [-0.15, -0.1) is 11.3 Å². The molecular weight excluding hydrogens is 434 g/mol. The first-order valence-electron chi connectivity index (χ1n) is 11.7. The van der Waals surface area contributed by atoms with Crippen LogP contribution < -0.4 is 0 Å². The van der Waals surface area contributed by atoms with Gasteiger partial charge in [-0.1, -0.05) is 42.1 Å². The van der Waals surface area contributed by atoms with E-state index >= 15 is 0 Å². The minimum absolute atomic E-state index is 0.492. The summed E-state index contributed by atoms with van der Waals surface area (Å²) in [5.74, 6) is 1.57. The van der Waals surface area contributed by atoms with E-state index in [-0.39, 0.29) is 0 Å². The molecule has 5 rings (SSSR count). The van der Waals surface area contributed by atoms with E-state index in [4.69, 9.17) is 4.98 Å². The van der Waals surface area contributed by atoms with E-state index < -0.39 is 0 Å². The Hall–Kier alpha value is -1.80. The molecule has 0 amide bonds. The van der Waals surface area contributed by atoms with E-state index in [1.54, 1.807) is 11.8 Å². The van der Waals surface area contributed by atoms with Gasteiger partial charge in [0.1, 0.15) is 5.01 Å². The molecule has 1 atom stereocenters. The van der Waals surface area contributed by atoms with Crippen LogP contribution in [0.1, 0.15) is 42.2 Å². The Morgan fingerprint density at radius 2 is 1.81 bits per heavy atom. The fourth-order valence-electron chi connectivity index (χ4n) is 4.68. The molecule has 0 saturated carbocycles. The van der Waals surface area contributed by atoms with Crippen LogP contribution in [0, 0.1) is 0 Å². The molecule has 0 unspecified atom stereocenters. The number of nitrogens with zero attached hydrogens (tertiary/aromatic N) is 5. The van der Waals surface area contributed by atoms with Gasteiger partial charge in [0.2, 0.25) is 0 Å². The van der Waals surface area contributed by atoms with Crippen LogP contribution in [0.2, 0.25) is 0 Å². The molecule has 5 nitrogen and oxygen atoms in total. The van der Waals surface area contributed by atoms with Gasteiger partial charge in [-0.2, -0.15) is 0 Å². The first-order chi connectivity index (χ1) is 15.8. The van der Waals surface area contributed by atoms with Crippen LogP contribution in [0.3, 0.4) is 0 Å². The maximum Gasteiger partial charge on any atom is 0.187 e. The van der Waals surface area contributed by atoms with E-state index in [1.807, 2.05) is 17.5 Å². The lowest BCUT2D eigenvalue weighted by atomic mass is 9.94. The van der Waals surface area contributed by atoms with Crippen molar-refractivity contribution in [2.24, 2.45) is 0 Å². The summed E-state index contributed by atoms with van der Waals surface area (Å²) in [6.07, 6.45) is 9.14. The molecule has 2 fully saturated rings. The largest absolute Gasteiger partial charge is 0.303 e. The molecule has 1 aromatic carbocycles. The number of thiazole rings is 1. The number of piperidine rings is 1. The monoisotopic (exact) mass is 465 g/mol. The summed E-state index contributed by atoms with van der Waals surface area (Å²) in [5, 5.41) is 2.05. The average Bonchev–Trinajstić information content (AvgIpc) is 3.53. The Labute approximate surface area is 199 Å². The maximum atomic E-state index is 4.94. The summed E-state index contributed by atoms with van der Waals surface area (Å²) < 4.78 is 0. The number of rotatable bonds is 8. The van der Waals surface area contributed by atoms with Gasteiger partial charge in [-0.05, 0) is 51.4 Å². The molecule has 0 N–H and O–H groups in total. The van der Waals surface area contributed by atoms with Crippen LogP contribution >= 0.6 is 23.1 Å². The quantitative estimate of drug-likeness (QED) is 0.338. The Kier molecular flexibility index (Phi) is 7.48. The van der Waals surface area contributed by atoms with Crippen molar-refractivity contribution in [3.8, 4) is 10.6 Å². The fourth-order valence-corrected chi connectivity index (χ4v) is 6.48. The van der Waals surface area contributed by atoms with Crippen molar-refractivity contribution in [1.29, 1.82) is 0 Å². The van der Waals surface area contributed by atoms with Crippen molar-refractivity contribution in [2.75, 3.05) is 38.5 Å². The minimum atomic E-state index is 0.492. The van der Waals surface area contributed by atoms with E-state index in [1.165, 1.54) is 54.9 Å². The van der Waals surface area contributed by atoms with Gasteiger partial charge in [-0.3, -0.25) is 4.90 Å². The molecule has 0 radical (unpaired) electrons. The third-order valence-electron chi connectivity index (χ3n) is 6.37. The van der Waals surface area contributed by atoms with Gasteiger partial charge < -0.3 is 4.90 Å². The van der Waals surface area contributed by atoms with E-state index in [2.05, 4.69) is 62.4 Å². The lowest BCUT2D eigenvalue weighted by molar-refractivity contribution is 0.199. The highest BCUT2D eigenvalue weighted by Gasteiger charge is 2.23. The summed E-state index contributed by atoms with van der Waals surface area (Å²) in [6.45, 7) is 6.85. The van der Waals surface area contributed by atoms with Crippen molar-refractivity contribution < 1.29 is 0 Å². The topological polar surface area (TPSA) is 45.2 Å². The third-order valence-corrected chi connectivity index (χ3v) is 8.24. The average molecular weight is 466 g/mol. The van der Waals surface area contributed by atoms with Crippen LogP contribution in [0.4, 0.5) is 0 Å². The summed E-state index contributed by atoms with van der Waals surface area (Å²) in [4.78, 5) is 20.6. The minimum Gasteiger partial charge on any atom is -0.303 e. The molecule has 0 spiro atoms. The second-order valence-corrected chi connectivity index (χ2v) is 10.9. The number of hydrogen-bond donors (Lipinski definition) is 0. The first kappa shape index (κ1) is 22.0. The fraction of sp³-hybridized carbons (Fsp3) is 0.480. The van der Waals surface area contributed by atoms with Gasteiger partial charge in [-0.25, -0.2) is 15.0 Å². The number of aromatic nitrogens is 3. The summed E-state index contributed by atoms with van der Waals surface area (Å²) in [6, 6.07) is 12.6. The van der Waals surface area contributed by atoms with Crippen LogP contribution in [0.15, 0.2) is 53.9 Å². The smallest absolute Gasteiger partial charge is 0.187 e. The molecule has 0 aliphatic carbocycles. The predicted octanol–water partition coefficient (Wildman–Crippen LogP) is 5.17. The van der Waals surface area contributed by atoms with Crippen molar-refractivity contribution in [3.63, 3.8) is 0 Å². The number of likely N-dealkylation sites (tertiary alicyclic amines) is 2. The Morgan fingerprint density at radius 1 is 0.969 bits per heavy atom. The maximum absolute atomic E-state index is 4.94. The van der Waals surface area contributed by atoms with Crippen molar-refractivity contribution >= 4 is 23.1 Å². The Morgan fingerprint density at radius 3 is 2.69 bits per heavy atom. The van der Waals surface area contributed by atoms with Crippen molar-refractivity contribution in [1.82, 2.24) is 24.8 Å². The van der Waals surface area contributed by atoms with Crippen LogP contribution in [-0.4, -0.2) is 63.2 Å². The SMILES string of the molecule is c1ccc(-c2ncc(CN3CCC[C@@H](c4ccnc(SCCN5CCCC5)n4)C3)s2)cc1. The van der Waals surface area contributed by atoms with E-state index in [0.717, 1.165) is 42.1 Å². The summed E-state index contributed by atoms with van der Waals surface area (Å²) in [5.41, 5.74) is 2.42. The molecule has 0 bridgehead atoms. The first-order valence-corrected chi connectivity index (χ1v) is 13.5. The molecule has 2 aliphatic rings. The zero-order valence-corrected chi connectivity index (χ0v) is 20.2. The van der Waals surface area contributed by atoms with Gasteiger partial charge >= 0.3 is 0 Å². The van der Waals surface area contributed by atoms with Crippen LogP contribution in [0.25, 0.3) is 10.6 Å². The highest BCUT2D eigenvalue weighted by atomic mass is 32.2. The number of thioether (sulfide) groups is 1. The Balaban J connectivity index is 1.16. The van der Waals surface area contributed by atoms with Crippen LogP contribution in [0.5, 0.6) is 0 Å². The summed E-state index contributed by atoms with van der Waals surface area (Å²) >= 11 is 3.62. The molecule has 2 aromatic heterocycles. The number of hydrogen-bond acceptors (Lipinski definition) is 7. The second kappa shape index (κ2) is 10.9. The Bertz CT molecular complexity index is 987. The third kappa shape index (κ3) is 5.76. The lowest BCUT2D eigenvalue weighted by Crippen LogP contribution is -2.34.